The van der Waals surface area contributed by atoms with Crippen molar-refractivity contribution in [3.63, 3.8) is 0 Å². The average Bonchev–Trinajstić information content (AvgIpc) is 3.20. The molecule has 2 aromatic rings. The van der Waals surface area contributed by atoms with E-state index in [4.69, 9.17) is 25.8 Å². The van der Waals surface area contributed by atoms with Gasteiger partial charge in [0.2, 0.25) is 0 Å². The number of nitrogens with zero attached hydrogens (tertiary/aromatic N) is 3. The first-order chi connectivity index (χ1) is 11.8. The summed E-state index contributed by atoms with van der Waals surface area (Å²) in [5.41, 5.74) is 0.642. The van der Waals surface area contributed by atoms with E-state index in [0.717, 1.165) is 29.4 Å². The minimum Gasteiger partial charge on any atom is -0.341 e. The van der Waals surface area contributed by atoms with E-state index in [9.17, 15) is 0 Å². The van der Waals surface area contributed by atoms with Gasteiger partial charge in [-0.3, -0.25) is 0 Å². The van der Waals surface area contributed by atoms with Crippen LogP contribution in [0.5, 0.6) is 0 Å². The van der Waals surface area contributed by atoms with Crippen molar-refractivity contribution in [1.29, 1.82) is 0 Å². The Hall–Kier alpha value is -1.47. The van der Waals surface area contributed by atoms with Gasteiger partial charge in [0.1, 0.15) is 34.4 Å². The molecule has 1 saturated carbocycles. The Morgan fingerprint density at radius 3 is 2.88 bits per heavy atom. The smallest absolute Gasteiger partial charge is 0.165 e. The van der Waals surface area contributed by atoms with Gasteiger partial charge in [-0.25, -0.2) is 9.97 Å². The second kappa shape index (κ2) is 4.62. The summed E-state index contributed by atoms with van der Waals surface area (Å²) >= 11 is 6.20. The van der Waals surface area contributed by atoms with Crippen molar-refractivity contribution in [2.75, 3.05) is 0 Å². The fraction of sp³-hybridized carbons (Fsp3) is 0.556. The molecule has 4 heterocycles. The van der Waals surface area contributed by atoms with Crippen LogP contribution in [0.15, 0.2) is 30.7 Å². The molecule has 2 saturated heterocycles. The quantitative estimate of drug-likeness (QED) is 0.573. The highest BCUT2D eigenvalue weighted by atomic mass is 35.5. The standard InChI is InChI=1S/C18H20ClN3O3/c1-10-5-7-18-12(23-16(2,3)25-18)15(24-17(10,18)4)22-8-6-11-13(19)20-9-21-14(11)22/h6,8-9,12,15H,1,5,7H2,2-4H3/t12-,15+,17+,18-/m0/s1. The minimum atomic E-state index is -0.672. The molecule has 25 heavy (non-hydrogen) atoms. The van der Waals surface area contributed by atoms with Gasteiger partial charge in [-0.15, -0.1) is 0 Å². The zero-order valence-electron chi connectivity index (χ0n) is 14.5. The molecule has 0 radical (unpaired) electrons. The van der Waals surface area contributed by atoms with Crippen LogP contribution in [0.4, 0.5) is 0 Å². The maximum atomic E-state index is 6.54. The molecule has 0 aromatic carbocycles. The van der Waals surface area contributed by atoms with Crippen LogP contribution in [0, 0.1) is 0 Å². The molecule has 4 atom stereocenters. The second-order valence-corrected chi connectivity index (χ2v) is 8.06. The molecule has 0 amide bonds. The number of ether oxygens (including phenoxy) is 3. The van der Waals surface area contributed by atoms with Crippen LogP contribution in [0.2, 0.25) is 5.15 Å². The molecule has 1 spiro atoms. The summed E-state index contributed by atoms with van der Waals surface area (Å²) in [5.74, 6) is -0.672. The molecule has 1 aliphatic carbocycles. The van der Waals surface area contributed by atoms with Gasteiger partial charge >= 0.3 is 0 Å². The summed E-state index contributed by atoms with van der Waals surface area (Å²) in [7, 11) is 0. The second-order valence-electron chi connectivity index (χ2n) is 7.70. The monoisotopic (exact) mass is 361 g/mol. The van der Waals surface area contributed by atoms with E-state index in [-0.39, 0.29) is 12.3 Å². The van der Waals surface area contributed by atoms with Crippen LogP contribution in [0.3, 0.4) is 0 Å². The van der Waals surface area contributed by atoms with Gasteiger partial charge in [0.25, 0.3) is 0 Å². The maximum Gasteiger partial charge on any atom is 0.165 e. The highest BCUT2D eigenvalue weighted by molar-refractivity contribution is 6.33. The number of hydrogen-bond donors (Lipinski definition) is 0. The van der Waals surface area contributed by atoms with Crippen LogP contribution < -0.4 is 0 Å². The van der Waals surface area contributed by atoms with Crippen molar-refractivity contribution >= 4 is 22.6 Å². The van der Waals surface area contributed by atoms with Gasteiger partial charge in [0.15, 0.2) is 12.0 Å². The van der Waals surface area contributed by atoms with E-state index in [2.05, 4.69) is 23.5 Å². The number of rotatable bonds is 1. The van der Waals surface area contributed by atoms with Crippen molar-refractivity contribution < 1.29 is 14.2 Å². The third-order valence-corrected chi connectivity index (χ3v) is 6.23. The number of aromatic nitrogens is 3. The predicted octanol–water partition coefficient (Wildman–Crippen LogP) is 3.61. The van der Waals surface area contributed by atoms with Crippen molar-refractivity contribution in [2.24, 2.45) is 0 Å². The largest absolute Gasteiger partial charge is 0.341 e. The summed E-state index contributed by atoms with van der Waals surface area (Å²) in [6.45, 7) is 10.2. The molecule has 3 aliphatic rings. The molecule has 7 heteroatoms. The molecule has 5 rings (SSSR count). The molecule has 132 valence electrons. The SMILES string of the molecule is C=C1CC[C@]23OC(C)(C)O[C@H]2[C@H](n2ccc4c(Cl)ncnc42)O[C@]13C. The van der Waals surface area contributed by atoms with Crippen LogP contribution in [-0.4, -0.2) is 37.6 Å². The molecule has 2 aliphatic heterocycles. The lowest BCUT2D eigenvalue weighted by Gasteiger charge is -2.35. The lowest BCUT2D eigenvalue weighted by atomic mass is 9.83. The number of hydrogen-bond acceptors (Lipinski definition) is 5. The molecule has 6 nitrogen and oxygen atoms in total. The van der Waals surface area contributed by atoms with E-state index < -0.39 is 17.0 Å². The Labute approximate surface area is 150 Å². The Kier molecular flexibility index (Phi) is 2.91. The molecule has 0 N–H and O–H groups in total. The summed E-state index contributed by atoms with van der Waals surface area (Å²) in [5, 5.41) is 1.22. The van der Waals surface area contributed by atoms with Gasteiger partial charge in [-0.05, 0) is 45.3 Å². The molecule has 3 fully saturated rings. The zero-order chi connectivity index (χ0) is 17.6. The van der Waals surface area contributed by atoms with Crippen LogP contribution in [0.25, 0.3) is 11.0 Å². The van der Waals surface area contributed by atoms with Gasteiger partial charge in [0.05, 0.1) is 5.39 Å². The summed E-state index contributed by atoms with van der Waals surface area (Å²) in [4.78, 5) is 8.45. The first-order valence-corrected chi connectivity index (χ1v) is 8.86. The first kappa shape index (κ1) is 15.8. The highest BCUT2D eigenvalue weighted by Crippen LogP contribution is 2.63. The Morgan fingerprint density at radius 2 is 2.08 bits per heavy atom. The van der Waals surface area contributed by atoms with E-state index in [1.54, 1.807) is 0 Å². The highest BCUT2D eigenvalue weighted by Gasteiger charge is 2.74. The van der Waals surface area contributed by atoms with Crippen molar-refractivity contribution in [2.45, 2.75) is 62.9 Å². The Morgan fingerprint density at radius 1 is 1.28 bits per heavy atom. The normalized spacial score (nSPS) is 39.1. The van der Waals surface area contributed by atoms with Gasteiger partial charge < -0.3 is 18.8 Å². The van der Waals surface area contributed by atoms with Gasteiger partial charge in [-0.1, -0.05) is 18.2 Å². The lowest BCUT2D eigenvalue weighted by molar-refractivity contribution is -0.223. The van der Waals surface area contributed by atoms with Crippen LogP contribution in [0.1, 0.15) is 39.8 Å². The van der Waals surface area contributed by atoms with Crippen LogP contribution >= 0.6 is 11.6 Å². The fourth-order valence-electron chi connectivity index (χ4n) is 4.72. The van der Waals surface area contributed by atoms with Gasteiger partial charge in [-0.2, -0.15) is 0 Å². The van der Waals surface area contributed by atoms with E-state index in [1.807, 2.05) is 30.7 Å². The molecule has 0 bridgehead atoms. The summed E-state index contributed by atoms with van der Waals surface area (Å²) < 4.78 is 21.3. The summed E-state index contributed by atoms with van der Waals surface area (Å²) in [6, 6.07) is 1.90. The average molecular weight is 362 g/mol. The first-order valence-electron chi connectivity index (χ1n) is 8.49. The van der Waals surface area contributed by atoms with E-state index >= 15 is 0 Å². The summed E-state index contributed by atoms with van der Waals surface area (Å²) in [6.07, 6.45) is 4.47. The maximum absolute atomic E-state index is 6.54. The van der Waals surface area contributed by atoms with Crippen molar-refractivity contribution in [3.05, 3.63) is 35.9 Å². The Balaban J connectivity index is 1.68. The molecular weight excluding hydrogens is 342 g/mol. The minimum absolute atomic E-state index is 0.254. The lowest BCUT2D eigenvalue weighted by Crippen LogP contribution is -2.50. The molecule has 0 unspecified atom stereocenters. The van der Waals surface area contributed by atoms with Crippen LogP contribution in [-0.2, 0) is 14.2 Å². The molecular formula is C18H20ClN3O3. The van der Waals surface area contributed by atoms with Crippen molar-refractivity contribution in [1.82, 2.24) is 14.5 Å². The third kappa shape index (κ3) is 1.81. The zero-order valence-corrected chi connectivity index (χ0v) is 15.2. The van der Waals surface area contributed by atoms with Crippen molar-refractivity contribution in [3.8, 4) is 0 Å². The topological polar surface area (TPSA) is 58.4 Å². The van der Waals surface area contributed by atoms with E-state index in [1.165, 1.54) is 6.33 Å². The van der Waals surface area contributed by atoms with E-state index in [0.29, 0.717) is 5.15 Å². The van der Waals surface area contributed by atoms with Gasteiger partial charge in [0, 0.05) is 6.20 Å². The number of fused-ring (bicyclic) bond motifs is 1. The number of halogens is 1. The third-order valence-electron chi connectivity index (χ3n) is 5.93. The fourth-order valence-corrected chi connectivity index (χ4v) is 4.91. The molecule has 2 aromatic heterocycles. The predicted molar refractivity (Wildman–Crippen MR) is 92.2 cm³/mol. The Bertz CT molecular complexity index is 910.